The molecule has 2 aromatic rings. The van der Waals surface area contributed by atoms with Crippen LogP contribution in [0.5, 0.6) is 0 Å². The fraction of sp³-hybridized carbons (Fsp3) is 0.529. The summed E-state index contributed by atoms with van der Waals surface area (Å²) in [5.41, 5.74) is 1.65. The number of hydrogen-bond acceptors (Lipinski definition) is 5. The molecule has 3 rings (SSSR count). The fourth-order valence-electron chi connectivity index (χ4n) is 3.13. The van der Waals surface area contributed by atoms with Crippen LogP contribution in [-0.4, -0.2) is 35.6 Å². The maximum absolute atomic E-state index is 12.3. The van der Waals surface area contributed by atoms with E-state index in [1.165, 1.54) is 12.8 Å². The Labute approximate surface area is 135 Å². The van der Waals surface area contributed by atoms with E-state index in [9.17, 15) is 4.79 Å². The van der Waals surface area contributed by atoms with E-state index in [0.29, 0.717) is 18.7 Å². The summed E-state index contributed by atoms with van der Waals surface area (Å²) in [5.74, 6) is 1.60. The minimum atomic E-state index is -0.0184. The number of aryl methyl sites for hydroxylation is 2. The Hall–Kier alpha value is -2.08. The summed E-state index contributed by atoms with van der Waals surface area (Å²) in [5, 5.41) is 6.92. The highest BCUT2D eigenvalue weighted by Gasteiger charge is 2.26. The van der Waals surface area contributed by atoms with E-state index in [1.54, 1.807) is 6.26 Å². The van der Waals surface area contributed by atoms with Gasteiger partial charge in [0.1, 0.15) is 11.5 Å². The van der Waals surface area contributed by atoms with Gasteiger partial charge in [0.05, 0.1) is 24.4 Å². The molecule has 1 aliphatic heterocycles. The van der Waals surface area contributed by atoms with Gasteiger partial charge in [0, 0.05) is 12.1 Å². The van der Waals surface area contributed by atoms with Crippen molar-refractivity contribution in [1.29, 1.82) is 0 Å². The van der Waals surface area contributed by atoms with Crippen LogP contribution >= 0.6 is 0 Å². The van der Waals surface area contributed by atoms with E-state index >= 15 is 0 Å². The Morgan fingerprint density at radius 2 is 2.17 bits per heavy atom. The number of amides is 1. The van der Waals surface area contributed by atoms with Crippen LogP contribution in [0.1, 0.15) is 41.7 Å². The summed E-state index contributed by atoms with van der Waals surface area (Å²) < 4.78 is 10.7. The number of furan rings is 1. The Kier molecular flexibility index (Phi) is 4.81. The Morgan fingerprint density at radius 3 is 2.78 bits per heavy atom. The lowest BCUT2D eigenvalue weighted by Gasteiger charge is -2.26. The molecule has 0 radical (unpaired) electrons. The van der Waals surface area contributed by atoms with Gasteiger partial charge in [-0.3, -0.25) is 9.69 Å². The van der Waals surface area contributed by atoms with Crippen LogP contribution < -0.4 is 5.32 Å². The normalized spacial score (nSPS) is 16.6. The molecule has 0 unspecified atom stereocenters. The SMILES string of the molecule is Cc1noc(C)c1CC(=O)NC[C@@H](c1ccco1)N1CCCC1. The van der Waals surface area contributed by atoms with Gasteiger partial charge < -0.3 is 14.3 Å². The molecule has 1 fully saturated rings. The predicted octanol–water partition coefficient (Wildman–Crippen LogP) is 2.38. The molecule has 1 saturated heterocycles. The molecular weight excluding hydrogens is 294 g/mol. The van der Waals surface area contributed by atoms with Crippen LogP contribution in [0.2, 0.25) is 0 Å². The van der Waals surface area contributed by atoms with Gasteiger partial charge in [0.25, 0.3) is 0 Å². The van der Waals surface area contributed by atoms with Gasteiger partial charge in [-0.25, -0.2) is 0 Å². The molecule has 0 aliphatic carbocycles. The standard InChI is InChI=1S/C17H23N3O3/c1-12-14(13(2)23-19-12)10-17(21)18-11-15(16-6-5-9-22-16)20-7-3-4-8-20/h5-6,9,15H,3-4,7-8,10-11H2,1-2H3,(H,18,21)/t15-/m0/s1. The van der Waals surface area contributed by atoms with Crippen LogP contribution in [0.25, 0.3) is 0 Å². The molecule has 1 atom stereocenters. The van der Waals surface area contributed by atoms with E-state index in [2.05, 4.69) is 15.4 Å². The molecule has 3 heterocycles. The third-order valence-corrected chi connectivity index (χ3v) is 4.46. The van der Waals surface area contributed by atoms with Gasteiger partial charge in [0.15, 0.2) is 0 Å². The van der Waals surface area contributed by atoms with Crippen molar-refractivity contribution in [1.82, 2.24) is 15.4 Å². The maximum Gasteiger partial charge on any atom is 0.224 e. The third-order valence-electron chi connectivity index (χ3n) is 4.46. The average molecular weight is 317 g/mol. The summed E-state index contributed by atoms with van der Waals surface area (Å²) in [6.45, 7) is 6.33. The van der Waals surface area contributed by atoms with Gasteiger partial charge in [-0.2, -0.15) is 0 Å². The topological polar surface area (TPSA) is 71.5 Å². The number of carbonyl (C=O) groups is 1. The molecule has 0 aromatic carbocycles. The largest absolute Gasteiger partial charge is 0.468 e. The second-order valence-electron chi connectivity index (χ2n) is 6.06. The van der Waals surface area contributed by atoms with Crippen LogP contribution in [0, 0.1) is 13.8 Å². The summed E-state index contributed by atoms with van der Waals surface area (Å²) in [6, 6.07) is 3.97. The highest BCUT2D eigenvalue weighted by molar-refractivity contribution is 5.79. The maximum atomic E-state index is 12.3. The number of hydrogen-bond donors (Lipinski definition) is 1. The van der Waals surface area contributed by atoms with E-state index in [0.717, 1.165) is 30.1 Å². The second-order valence-corrected chi connectivity index (χ2v) is 6.06. The summed E-state index contributed by atoms with van der Waals surface area (Å²) in [7, 11) is 0. The highest BCUT2D eigenvalue weighted by atomic mass is 16.5. The van der Waals surface area contributed by atoms with E-state index in [4.69, 9.17) is 8.94 Å². The molecule has 1 N–H and O–H groups in total. The fourth-order valence-corrected chi connectivity index (χ4v) is 3.13. The zero-order chi connectivity index (χ0) is 16.2. The van der Waals surface area contributed by atoms with Crippen molar-refractivity contribution in [3.05, 3.63) is 41.2 Å². The molecule has 2 aromatic heterocycles. The van der Waals surface area contributed by atoms with Crippen molar-refractivity contribution >= 4 is 5.91 Å². The van der Waals surface area contributed by atoms with Crippen molar-refractivity contribution in [2.45, 2.75) is 39.2 Å². The van der Waals surface area contributed by atoms with Gasteiger partial charge in [-0.1, -0.05) is 5.16 Å². The predicted molar refractivity (Wildman–Crippen MR) is 84.9 cm³/mol. The molecular formula is C17H23N3O3. The smallest absolute Gasteiger partial charge is 0.224 e. The quantitative estimate of drug-likeness (QED) is 0.885. The molecule has 6 heteroatoms. The number of nitrogens with zero attached hydrogens (tertiary/aromatic N) is 2. The molecule has 0 saturated carbocycles. The number of likely N-dealkylation sites (tertiary alicyclic amines) is 1. The average Bonchev–Trinajstić information content (AvgIpc) is 3.27. The summed E-state index contributed by atoms with van der Waals surface area (Å²) in [4.78, 5) is 14.6. The van der Waals surface area contributed by atoms with E-state index in [1.807, 2.05) is 26.0 Å². The van der Waals surface area contributed by atoms with Crippen LogP contribution in [0.15, 0.2) is 27.3 Å². The molecule has 0 bridgehead atoms. The molecule has 1 amide bonds. The first-order valence-electron chi connectivity index (χ1n) is 8.11. The zero-order valence-corrected chi connectivity index (χ0v) is 13.7. The summed E-state index contributed by atoms with van der Waals surface area (Å²) in [6.07, 6.45) is 4.38. The minimum Gasteiger partial charge on any atom is -0.468 e. The van der Waals surface area contributed by atoms with Crippen LogP contribution in [0.4, 0.5) is 0 Å². The first kappa shape index (κ1) is 15.8. The third kappa shape index (κ3) is 3.64. The van der Waals surface area contributed by atoms with Gasteiger partial charge in [0.2, 0.25) is 5.91 Å². The van der Waals surface area contributed by atoms with Crippen LogP contribution in [0.3, 0.4) is 0 Å². The monoisotopic (exact) mass is 317 g/mol. The van der Waals surface area contributed by atoms with Crippen molar-refractivity contribution < 1.29 is 13.7 Å². The number of carbonyl (C=O) groups excluding carboxylic acids is 1. The van der Waals surface area contributed by atoms with E-state index in [-0.39, 0.29) is 11.9 Å². The molecule has 6 nitrogen and oxygen atoms in total. The lowest BCUT2D eigenvalue weighted by atomic mass is 10.1. The molecule has 1 aliphatic rings. The molecule has 124 valence electrons. The number of aromatic nitrogens is 1. The molecule has 23 heavy (non-hydrogen) atoms. The first-order valence-corrected chi connectivity index (χ1v) is 8.11. The van der Waals surface area contributed by atoms with E-state index < -0.39 is 0 Å². The lowest BCUT2D eigenvalue weighted by Crippen LogP contribution is -2.37. The lowest BCUT2D eigenvalue weighted by molar-refractivity contribution is -0.120. The Morgan fingerprint density at radius 1 is 1.39 bits per heavy atom. The Balaban J connectivity index is 1.61. The zero-order valence-electron chi connectivity index (χ0n) is 13.7. The first-order chi connectivity index (χ1) is 11.1. The van der Waals surface area contributed by atoms with Gasteiger partial charge in [-0.05, 0) is 51.9 Å². The van der Waals surface area contributed by atoms with Crippen LogP contribution in [-0.2, 0) is 11.2 Å². The van der Waals surface area contributed by atoms with Crippen molar-refractivity contribution in [3.63, 3.8) is 0 Å². The number of nitrogens with one attached hydrogen (secondary N) is 1. The number of rotatable bonds is 6. The second kappa shape index (κ2) is 7.00. The van der Waals surface area contributed by atoms with Gasteiger partial charge >= 0.3 is 0 Å². The van der Waals surface area contributed by atoms with Gasteiger partial charge in [-0.15, -0.1) is 0 Å². The summed E-state index contributed by atoms with van der Waals surface area (Å²) >= 11 is 0. The van der Waals surface area contributed by atoms with Crippen molar-refractivity contribution in [3.8, 4) is 0 Å². The van der Waals surface area contributed by atoms with Crippen molar-refractivity contribution in [2.24, 2.45) is 0 Å². The minimum absolute atomic E-state index is 0.0184. The Bertz CT molecular complexity index is 623. The molecule has 0 spiro atoms. The highest BCUT2D eigenvalue weighted by Crippen LogP contribution is 2.25. The van der Waals surface area contributed by atoms with Crippen molar-refractivity contribution in [2.75, 3.05) is 19.6 Å².